The number of aliphatic carboxylic acids is 1. The second-order valence-electron chi connectivity index (χ2n) is 3.90. The quantitative estimate of drug-likeness (QED) is 0.276. The summed E-state index contributed by atoms with van der Waals surface area (Å²) >= 11 is 0. The molecule has 17 heavy (non-hydrogen) atoms. The second-order valence-corrected chi connectivity index (χ2v) is 3.90. The lowest BCUT2D eigenvalue weighted by Crippen LogP contribution is -1.89. The smallest absolute Gasteiger partial charge is 0.332 e. The Bertz CT molecular complexity index is 288. The predicted octanol–water partition coefficient (Wildman–Crippen LogP) is 3.99. The largest absolute Gasteiger partial charge is 0.508 e. The van der Waals surface area contributed by atoms with Crippen molar-refractivity contribution in [2.75, 3.05) is 0 Å². The van der Waals surface area contributed by atoms with Gasteiger partial charge in [0.05, 0.1) is 6.08 Å². The first-order valence-electron chi connectivity index (χ1n) is 6.13. The Hall–Kier alpha value is -1.51. The average Bonchev–Trinajstić information content (AvgIpc) is 2.26. The molecule has 0 fully saturated rings. The van der Waals surface area contributed by atoms with Crippen molar-refractivity contribution >= 4 is 5.97 Å². The number of unbranched alkanes of at least 4 members (excludes halogenated alkanes) is 5. The molecule has 0 saturated carbocycles. The van der Waals surface area contributed by atoms with Gasteiger partial charge in [0.1, 0.15) is 5.76 Å². The highest BCUT2D eigenvalue weighted by atomic mass is 16.4. The van der Waals surface area contributed by atoms with Crippen LogP contribution >= 0.6 is 0 Å². The number of carboxylic acids is 1. The molecular weight excluding hydrogens is 216 g/mol. The summed E-state index contributed by atoms with van der Waals surface area (Å²) in [5, 5.41) is 17.4. The van der Waals surface area contributed by atoms with Crippen LogP contribution in [0.1, 0.15) is 45.4 Å². The van der Waals surface area contributed by atoms with Crippen molar-refractivity contribution in [3.05, 3.63) is 36.1 Å². The third kappa shape index (κ3) is 12.4. The highest BCUT2D eigenvalue weighted by Crippen LogP contribution is 2.05. The molecular formula is C14H22O3. The zero-order valence-corrected chi connectivity index (χ0v) is 10.4. The van der Waals surface area contributed by atoms with Crippen molar-refractivity contribution in [2.24, 2.45) is 0 Å². The third-order valence-corrected chi connectivity index (χ3v) is 2.26. The molecule has 0 bridgehead atoms. The van der Waals surface area contributed by atoms with E-state index in [-0.39, 0.29) is 5.76 Å². The Labute approximate surface area is 103 Å². The molecule has 3 heteroatoms. The van der Waals surface area contributed by atoms with E-state index in [1.165, 1.54) is 38.2 Å². The molecule has 0 unspecified atom stereocenters. The molecule has 0 rings (SSSR count). The van der Waals surface area contributed by atoms with Gasteiger partial charge in [-0.05, 0) is 18.9 Å². The second kappa shape index (κ2) is 11.0. The standard InChI is InChI=1S/C14H22O3/c1-2-3-4-5-6-7-8-9-10-11-13(15)12-14(16)17/h8-12,15H,2-7H2,1H3,(H,16,17)/b9-8+,11-10+,13-12-. The van der Waals surface area contributed by atoms with Gasteiger partial charge in [0.2, 0.25) is 0 Å². The minimum Gasteiger partial charge on any atom is -0.508 e. The maximum Gasteiger partial charge on any atom is 0.332 e. The number of aliphatic hydroxyl groups excluding tert-OH is 1. The van der Waals surface area contributed by atoms with E-state index >= 15 is 0 Å². The first kappa shape index (κ1) is 15.5. The van der Waals surface area contributed by atoms with Crippen molar-refractivity contribution in [1.82, 2.24) is 0 Å². The zero-order chi connectivity index (χ0) is 12.9. The van der Waals surface area contributed by atoms with Gasteiger partial charge >= 0.3 is 5.97 Å². The lowest BCUT2D eigenvalue weighted by Gasteiger charge is -1.95. The summed E-state index contributed by atoms with van der Waals surface area (Å²) in [6, 6.07) is 0. The van der Waals surface area contributed by atoms with E-state index in [4.69, 9.17) is 10.2 Å². The molecule has 0 atom stereocenters. The molecule has 0 aromatic rings. The van der Waals surface area contributed by atoms with Crippen molar-refractivity contribution in [3.8, 4) is 0 Å². The molecule has 0 aliphatic rings. The van der Waals surface area contributed by atoms with Crippen molar-refractivity contribution in [1.29, 1.82) is 0 Å². The molecule has 0 saturated heterocycles. The molecule has 0 aliphatic heterocycles. The number of aliphatic hydroxyl groups is 1. The summed E-state index contributed by atoms with van der Waals surface area (Å²) in [6.07, 6.45) is 14.9. The Balaban J connectivity index is 3.60. The lowest BCUT2D eigenvalue weighted by molar-refractivity contribution is -0.131. The van der Waals surface area contributed by atoms with Crippen molar-refractivity contribution in [3.63, 3.8) is 0 Å². The van der Waals surface area contributed by atoms with Crippen LogP contribution < -0.4 is 0 Å². The van der Waals surface area contributed by atoms with Crippen molar-refractivity contribution < 1.29 is 15.0 Å². The van der Waals surface area contributed by atoms with Gasteiger partial charge in [-0.25, -0.2) is 4.79 Å². The monoisotopic (exact) mass is 238 g/mol. The van der Waals surface area contributed by atoms with Crippen molar-refractivity contribution in [2.45, 2.75) is 45.4 Å². The van der Waals surface area contributed by atoms with Crippen LogP contribution in [0.25, 0.3) is 0 Å². The third-order valence-electron chi connectivity index (χ3n) is 2.26. The van der Waals surface area contributed by atoms with Crippen LogP contribution in [0.5, 0.6) is 0 Å². The minimum absolute atomic E-state index is 0.245. The fourth-order valence-electron chi connectivity index (χ4n) is 1.37. The Morgan fingerprint density at radius 1 is 1.06 bits per heavy atom. The maximum atomic E-state index is 10.2. The minimum atomic E-state index is -1.15. The van der Waals surface area contributed by atoms with E-state index in [1.54, 1.807) is 6.08 Å². The molecule has 96 valence electrons. The van der Waals surface area contributed by atoms with Gasteiger partial charge in [0.25, 0.3) is 0 Å². The van der Waals surface area contributed by atoms with Crippen LogP contribution in [0.3, 0.4) is 0 Å². The lowest BCUT2D eigenvalue weighted by atomic mass is 10.1. The maximum absolute atomic E-state index is 10.2. The van der Waals surface area contributed by atoms with Gasteiger partial charge in [-0.1, -0.05) is 50.8 Å². The van der Waals surface area contributed by atoms with Gasteiger partial charge < -0.3 is 10.2 Å². The Kier molecular flexibility index (Phi) is 10.0. The summed E-state index contributed by atoms with van der Waals surface area (Å²) in [6.45, 7) is 2.20. The molecule has 0 amide bonds. The SMILES string of the molecule is CCCCCCC/C=C/C=C/C(O)=C/C(=O)O. The summed E-state index contributed by atoms with van der Waals surface area (Å²) < 4.78 is 0. The number of carboxylic acid groups (broad SMARTS) is 1. The first-order valence-corrected chi connectivity index (χ1v) is 6.13. The molecule has 3 nitrogen and oxygen atoms in total. The van der Waals surface area contributed by atoms with E-state index in [9.17, 15) is 4.79 Å². The summed E-state index contributed by atoms with van der Waals surface area (Å²) in [5.41, 5.74) is 0. The summed E-state index contributed by atoms with van der Waals surface area (Å²) in [7, 11) is 0. The summed E-state index contributed by atoms with van der Waals surface area (Å²) in [4.78, 5) is 10.2. The molecule has 0 spiro atoms. The molecule has 0 aromatic heterocycles. The molecule has 2 N–H and O–H groups in total. The van der Waals surface area contributed by atoms with Gasteiger partial charge in [-0.2, -0.15) is 0 Å². The number of rotatable bonds is 9. The van der Waals surface area contributed by atoms with E-state index in [0.29, 0.717) is 0 Å². The molecule has 0 aromatic carbocycles. The van der Waals surface area contributed by atoms with Crippen LogP contribution in [-0.4, -0.2) is 16.2 Å². The predicted molar refractivity (Wildman–Crippen MR) is 70.0 cm³/mol. The molecule has 0 heterocycles. The topological polar surface area (TPSA) is 57.5 Å². The summed E-state index contributed by atoms with van der Waals surface area (Å²) in [5.74, 6) is -1.39. The normalized spacial score (nSPS) is 12.6. The van der Waals surface area contributed by atoms with Gasteiger partial charge in [0.15, 0.2) is 0 Å². The fraction of sp³-hybridized carbons (Fsp3) is 0.500. The number of hydrogen-bond donors (Lipinski definition) is 2. The van der Waals surface area contributed by atoms with E-state index in [0.717, 1.165) is 12.5 Å². The van der Waals surface area contributed by atoms with E-state index < -0.39 is 5.97 Å². The van der Waals surface area contributed by atoms with Crippen LogP contribution in [0.15, 0.2) is 36.1 Å². The van der Waals surface area contributed by atoms with Crippen LogP contribution in [0.4, 0.5) is 0 Å². The van der Waals surface area contributed by atoms with Gasteiger partial charge in [0, 0.05) is 0 Å². The average molecular weight is 238 g/mol. The number of hydrogen-bond acceptors (Lipinski definition) is 2. The van der Waals surface area contributed by atoms with Crippen LogP contribution in [-0.2, 0) is 4.79 Å². The number of allylic oxidation sites excluding steroid dienone is 4. The van der Waals surface area contributed by atoms with Gasteiger partial charge in [-0.15, -0.1) is 0 Å². The molecule has 0 aliphatic carbocycles. The zero-order valence-electron chi connectivity index (χ0n) is 10.4. The Morgan fingerprint density at radius 2 is 1.76 bits per heavy atom. The first-order chi connectivity index (χ1) is 8.16. The van der Waals surface area contributed by atoms with E-state index in [1.807, 2.05) is 12.2 Å². The van der Waals surface area contributed by atoms with Gasteiger partial charge in [-0.3, -0.25) is 0 Å². The highest BCUT2D eigenvalue weighted by molar-refractivity contribution is 5.80. The van der Waals surface area contributed by atoms with Crippen LogP contribution in [0.2, 0.25) is 0 Å². The van der Waals surface area contributed by atoms with Crippen LogP contribution in [0, 0.1) is 0 Å². The fourth-order valence-corrected chi connectivity index (χ4v) is 1.37. The molecule has 0 radical (unpaired) electrons. The van der Waals surface area contributed by atoms with E-state index in [2.05, 4.69) is 6.92 Å². The number of carbonyl (C=O) groups is 1. The highest BCUT2D eigenvalue weighted by Gasteiger charge is 1.90. The Morgan fingerprint density at radius 3 is 2.41 bits per heavy atom.